The number of carbonyl (C=O) groups excluding carboxylic acids is 2. The molecule has 26 heavy (non-hydrogen) atoms. The van der Waals surface area contributed by atoms with Crippen LogP contribution in [0.15, 0.2) is 30.5 Å². The lowest BCUT2D eigenvalue weighted by Gasteiger charge is -2.14. The van der Waals surface area contributed by atoms with E-state index >= 15 is 0 Å². The number of nitrogens with one attached hydrogen (secondary N) is 2. The van der Waals surface area contributed by atoms with Crippen molar-refractivity contribution < 1.29 is 29.0 Å². The molecule has 0 spiro atoms. The van der Waals surface area contributed by atoms with Crippen molar-refractivity contribution >= 4 is 29.3 Å². The molecule has 9 nitrogen and oxygen atoms in total. The smallest absolute Gasteiger partial charge is 0.337 e. The van der Waals surface area contributed by atoms with Crippen molar-refractivity contribution in [3.63, 3.8) is 0 Å². The second-order valence-electron chi connectivity index (χ2n) is 5.12. The molecule has 0 aliphatic rings. The lowest BCUT2D eigenvalue weighted by atomic mass is 10.1. The van der Waals surface area contributed by atoms with Gasteiger partial charge in [-0.2, -0.15) is 0 Å². The van der Waals surface area contributed by atoms with Crippen LogP contribution >= 0.6 is 0 Å². The van der Waals surface area contributed by atoms with Gasteiger partial charge in [-0.1, -0.05) is 0 Å². The summed E-state index contributed by atoms with van der Waals surface area (Å²) in [6.07, 6.45) is 1.35. The van der Waals surface area contributed by atoms with E-state index in [1.165, 1.54) is 51.6 Å². The van der Waals surface area contributed by atoms with Gasteiger partial charge in [-0.25, -0.2) is 9.78 Å². The summed E-state index contributed by atoms with van der Waals surface area (Å²) in [5, 5.41) is 14.4. The maximum absolute atomic E-state index is 12.5. The van der Waals surface area contributed by atoms with Gasteiger partial charge in [-0.3, -0.25) is 9.59 Å². The Balaban J connectivity index is 2.36. The molecule has 9 heteroatoms. The molecule has 0 saturated carbocycles. The normalized spacial score (nSPS) is 9.96. The summed E-state index contributed by atoms with van der Waals surface area (Å²) in [7, 11) is 2.77. The highest BCUT2D eigenvalue weighted by Gasteiger charge is 2.19. The summed E-state index contributed by atoms with van der Waals surface area (Å²) in [5.74, 6) is -1.45. The molecule has 2 aromatic rings. The number of carboxylic acid groups (broad SMARTS) is 1. The third-order valence-electron chi connectivity index (χ3n) is 3.33. The van der Waals surface area contributed by atoms with Gasteiger partial charge in [0.05, 0.1) is 25.5 Å². The quantitative estimate of drug-likeness (QED) is 0.720. The van der Waals surface area contributed by atoms with Crippen LogP contribution in [-0.4, -0.2) is 42.1 Å². The van der Waals surface area contributed by atoms with Crippen molar-refractivity contribution in [1.82, 2.24) is 4.98 Å². The van der Waals surface area contributed by atoms with E-state index < -0.39 is 11.9 Å². The number of nitrogens with zero attached hydrogens (tertiary/aromatic N) is 1. The molecule has 1 heterocycles. The third-order valence-corrected chi connectivity index (χ3v) is 3.33. The Morgan fingerprint density at radius 2 is 1.69 bits per heavy atom. The Labute approximate surface area is 149 Å². The molecule has 0 unspecified atom stereocenters. The zero-order chi connectivity index (χ0) is 19.3. The van der Waals surface area contributed by atoms with Crippen LogP contribution in [0.5, 0.6) is 11.5 Å². The average Bonchev–Trinajstić information content (AvgIpc) is 2.60. The summed E-state index contributed by atoms with van der Waals surface area (Å²) >= 11 is 0. The third kappa shape index (κ3) is 4.26. The van der Waals surface area contributed by atoms with Crippen molar-refractivity contribution in [3.8, 4) is 11.5 Å². The number of hydrogen-bond acceptors (Lipinski definition) is 6. The first-order valence-electron chi connectivity index (χ1n) is 7.40. The predicted molar refractivity (Wildman–Crippen MR) is 93.0 cm³/mol. The summed E-state index contributed by atoms with van der Waals surface area (Å²) in [5.41, 5.74) is 0.0695. The Bertz CT molecular complexity index is 866. The average molecular weight is 359 g/mol. The molecule has 0 bridgehead atoms. The lowest BCUT2D eigenvalue weighted by molar-refractivity contribution is -0.114. The summed E-state index contributed by atoms with van der Waals surface area (Å²) in [4.78, 5) is 39.0. The van der Waals surface area contributed by atoms with Crippen LogP contribution in [0, 0.1) is 0 Å². The molecular formula is C17H17N3O6. The fraction of sp³-hybridized carbons (Fsp3) is 0.176. The van der Waals surface area contributed by atoms with Crippen molar-refractivity contribution in [2.24, 2.45) is 0 Å². The number of aromatic carboxylic acids is 1. The van der Waals surface area contributed by atoms with Gasteiger partial charge in [0, 0.05) is 30.8 Å². The molecule has 1 aromatic carbocycles. The minimum atomic E-state index is -1.24. The Morgan fingerprint density at radius 1 is 1.04 bits per heavy atom. The Kier molecular flexibility index (Phi) is 5.74. The van der Waals surface area contributed by atoms with E-state index in [0.717, 1.165) is 0 Å². The SMILES string of the molecule is COc1cc(NC(=O)c2ccnc(NC(C)=O)c2)c(C(=O)O)cc1OC. The highest BCUT2D eigenvalue weighted by molar-refractivity contribution is 6.08. The van der Waals surface area contributed by atoms with Crippen LogP contribution in [-0.2, 0) is 4.79 Å². The van der Waals surface area contributed by atoms with Crippen molar-refractivity contribution in [2.75, 3.05) is 24.9 Å². The summed E-state index contributed by atoms with van der Waals surface area (Å²) in [6.45, 7) is 1.32. The molecule has 0 aliphatic heterocycles. The molecule has 1 aromatic heterocycles. The lowest BCUT2D eigenvalue weighted by Crippen LogP contribution is -2.16. The molecular weight excluding hydrogens is 342 g/mol. The number of benzene rings is 1. The number of ether oxygens (including phenoxy) is 2. The van der Waals surface area contributed by atoms with Crippen molar-refractivity contribution in [1.29, 1.82) is 0 Å². The monoisotopic (exact) mass is 359 g/mol. The molecule has 0 radical (unpaired) electrons. The number of hydrogen-bond donors (Lipinski definition) is 3. The molecule has 0 atom stereocenters. The van der Waals surface area contributed by atoms with Crippen molar-refractivity contribution in [2.45, 2.75) is 6.92 Å². The maximum Gasteiger partial charge on any atom is 0.337 e. The summed E-state index contributed by atoms with van der Waals surface area (Å²) in [6, 6.07) is 5.42. The fourth-order valence-corrected chi connectivity index (χ4v) is 2.17. The van der Waals surface area contributed by atoms with E-state index in [0.29, 0.717) is 0 Å². The van der Waals surface area contributed by atoms with Crippen LogP contribution in [0.4, 0.5) is 11.5 Å². The molecule has 2 amide bonds. The number of carboxylic acids is 1. The van der Waals surface area contributed by atoms with Crippen LogP contribution in [0.2, 0.25) is 0 Å². The molecule has 0 fully saturated rings. The number of rotatable bonds is 6. The zero-order valence-electron chi connectivity index (χ0n) is 14.3. The minimum Gasteiger partial charge on any atom is -0.493 e. The zero-order valence-corrected chi connectivity index (χ0v) is 14.3. The highest BCUT2D eigenvalue weighted by atomic mass is 16.5. The molecule has 2 rings (SSSR count). The number of anilines is 2. The van der Waals surface area contributed by atoms with Crippen LogP contribution in [0.3, 0.4) is 0 Å². The standard InChI is InChI=1S/C17H17N3O6/c1-9(21)19-15-6-10(4-5-18-15)16(22)20-12-8-14(26-3)13(25-2)7-11(12)17(23)24/h4-8H,1-3H3,(H,20,22)(H,23,24)(H,18,19,21). The van der Waals surface area contributed by atoms with E-state index in [1.807, 2.05) is 0 Å². The van der Waals surface area contributed by atoms with Gasteiger partial charge in [-0.15, -0.1) is 0 Å². The Morgan fingerprint density at radius 3 is 2.27 bits per heavy atom. The second kappa shape index (κ2) is 7.97. The van der Waals surface area contributed by atoms with Crippen molar-refractivity contribution in [3.05, 3.63) is 41.6 Å². The van der Waals surface area contributed by atoms with E-state index in [-0.39, 0.29) is 40.0 Å². The molecule has 0 saturated heterocycles. The number of aromatic nitrogens is 1. The van der Waals surface area contributed by atoms with Gasteiger partial charge in [0.15, 0.2) is 11.5 Å². The highest BCUT2D eigenvalue weighted by Crippen LogP contribution is 2.33. The van der Waals surface area contributed by atoms with Crippen LogP contribution in [0.1, 0.15) is 27.6 Å². The summed E-state index contributed by atoms with van der Waals surface area (Å²) < 4.78 is 10.2. The molecule has 136 valence electrons. The number of carbonyl (C=O) groups is 3. The number of pyridine rings is 1. The van der Waals surface area contributed by atoms with E-state index in [1.54, 1.807) is 0 Å². The topological polar surface area (TPSA) is 127 Å². The predicted octanol–water partition coefficient (Wildman–Crippen LogP) is 2.01. The minimum absolute atomic E-state index is 0.0399. The van der Waals surface area contributed by atoms with Crippen LogP contribution in [0.25, 0.3) is 0 Å². The number of methoxy groups -OCH3 is 2. The van der Waals surface area contributed by atoms with E-state index in [4.69, 9.17) is 9.47 Å². The Hall–Kier alpha value is -3.62. The van der Waals surface area contributed by atoms with Gasteiger partial charge in [-0.05, 0) is 12.1 Å². The largest absolute Gasteiger partial charge is 0.493 e. The van der Waals surface area contributed by atoms with Gasteiger partial charge in [0.2, 0.25) is 5.91 Å². The van der Waals surface area contributed by atoms with Crippen LogP contribution < -0.4 is 20.1 Å². The second-order valence-corrected chi connectivity index (χ2v) is 5.12. The van der Waals surface area contributed by atoms with Gasteiger partial charge in [0.25, 0.3) is 5.91 Å². The number of amides is 2. The van der Waals surface area contributed by atoms with E-state index in [9.17, 15) is 19.5 Å². The first kappa shape index (κ1) is 18.7. The van der Waals surface area contributed by atoms with Gasteiger partial charge < -0.3 is 25.2 Å². The van der Waals surface area contributed by atoms with E-state index in [2.05, 4.69) is 15.6 Å². The molecule has 0 aliphatic carbocycles. The van der Waals surface area contributed by atoms with Gasteiger partial charge in [0.1, 0.15) is 5.82 Å². The first-order chi connectivity index (χ1) is 12.3. The fourth-order valence-electron chi connectivity index (χ4n) is 2.17. The first-order valence-corrected chi connectivity index (χ1v) is 7.40. The molecule has 3 N–H and O–H groups in total. The maximum atomic E-state index is 12.5. The van der Waals surface area contributed by atoms with Gasteiger partial charge >= 0.3 is 5.97 Å².